The summed E-state index contributed by atoms with van der Waals surface area (Å²) < 4.78 is 6.94. The van der Waals surface area contributed by atoms with Crippen LogP contribution in [0.5, 0.6) is 11.5 Å². The minimum atomic E-state index is -1.05. The number of rotatable bonds is 6. The molecule has 2 atom stereocenters. The molecule has 2 unspecified atom stereocenters. The second kappa shape index (κ2) is 8.83. The Hall–Kier alpha value is -4.05. The van der Waals surface area contributed by atoms with Crippen LogP contribution in [-0.4, -0.2) is 76.4 Å². The minimum Gasteiger partial charge on any atom is -0.508 e. The molecule has 2 heterocycles. The highest BCUT2D eigenvalue weighted by atomic mass is 16.5. The molecular weight excluding hydrogens is 426 g/mol. The van der Waals surface area contributed by atoms with Crippen molar-refractivity contribution in [3.63, 3.8) is 0 Å². The number of methoxy groups -OCH3 is 1. The standard InChI is InChI=1S/C23H23N5O5/c1-27-17(12-13-4-8-15(29)9-5-13)18(19(30)14-6-10-16(33-3)11-7-14)24-22(27)25-20-21(31)28(2)23(32)26-20/h4-11,19,22,30H,12H2,1-3H3,(H-,25,26,29,32)/p+1. The van der Waals surface area contributed by atoms with Crippen LogP contribution in [0.2, 0.25) is 0 Å². The van der Waals surface area contributed by atoms with Gasteiger partial charge in [0.15, 0.2) is 0 Å². The number of phenolic OH excluding ortho intramolecular Hbond substituents is 1. The smallest absolute Gasteiger partial charge is 0.348 e. The fourth-order valence-corrected chi connectivity index (χ4v) is 3.61. The molecule has 3 N–H and O–H groups in total. The number of ether oxygens (including phenoxy) is 1. The Labute approximate surface area is 190 Å². The average Bonchev–Trinajstić information content (AvgIpc) is 3.25. The molecule has 0 spiro atoms. The highest BCUT2D eigenvalue weighted by molar-refractivity contribution is 6.47. The van der Waals surface area contributed by atoms with Gasteiger partial charge in [-0.25, -0.2) is 4.79 Å². The lowest BCUT2D eigenvalue weighted by Crippen LogP contribution is -2.30. The molecule has 2 aliphatic heterocycles. The van der Waals surface area contributed by atoms with E-state index in [0.29, 0.717) is 29.2 Å². The zero-order valence-corrected chi connectivity index (χ0v) is 18.4. The van der Waals surface area contributed by atoms with Gasteiger partial charge < -0.3 is 14.9 Å². The number of nitrogens with one attached hydrogen (secondary N) is 1. The number of benzene rings is 2. The fourth-order valence-electron chi connectivity index (χ4n) is 3.61. The maximum Gasteiger partial charge on any atom is 0.348 e. The van der Waals surface area contributed by atoms with E-state index < -0.39 is 24.3 Å². The van der Waals surface area contributed by atoms with Crippen molar-refractivity contribution < 1.29 is 29.1 Å². The summed E-state index contributed by atoms with van der Waals surface area (Å²) in [4.78, 5) is 33.9. The van der Waals surface area contributed by atoms with E-state index >= 15 is 0 Å². The number of carbonyl (C=O) groups excluding carboxylic acids is 2. The first-order chi connectivity index (χ1) is 15.8. The van der Waals surface area contributed by atoms with Crippen molar-refractivity contribution in [3.8, 4) is 11.5 Å². The van der Waals surface area contributed by atoms with E-state index in [1.165, 1.54) is 7.05 Å². The van der Waals surface area contributed by atoms with Crippen molar-refractivity contribution in [2.24, 2.45) is 9.98 Å². The topological polar surface area (TPSA) is 127 Å². The number of hydrogen-bond donors (Lipinski definition) is 3. The third kappa shape index (κ3) is 4.33. The molecule has 0 aromatic heterocycles. The first-order valence-corrected chi connectivity index (χ1v) is 10.2. The molecule has 1 saturated heterocycles. The molecule has 10 heteroatoms. The van der Waals surface area contributed by atoms with E-state index in [0.717, 1.165) is 10.5 Å². The Morgan fingerprint density at radius 2 is 1.85 bits per heavy atom. The minimum absolute atomic E-state index is 0.104. The Bertz CT molecular complexity index is 1180. The maximum absolute atomic E-state index is 12.3. The monoisotopic (exact) mass is 450 g/mol. The number of aliphatic hydroxyl groups excluding tert-OH is 1. The van der Waals surface area contributed by atoms with Gasteiger partial charge in [-0.3, -0.25) is 15.0 Å². The Morgan fingerprint density at radius 1 is 1.18 bits per heavy atom. The number of carbonyl (C=O) groups is 2. The van der Waals surface area contributed by atoms with Crippen LogP contribution in [0, 0.1) is 0 Å². The van der Waals surface area contributed by atoms with Crippen LogP contribution in [0.3, 0.4) is 0 Å². The number of aromatic hydroxyl groups is 1. The summed E-state index contributed by atoms with van der Waals surface area (Å²) in [5.41, 5.74) is 2.60. The fraction of sp³-hybridized carbons (Fsp3) is 0.261. The average molecular weight is 450 g/mol. The molecule has 0 saturated carbocycles. The molecule has 2 aromatic carbocycles. The number of nitrogens with zero attached hydrogens (tertiary/aromatic N) is 4. The summed E-state index contributed by atoms with van der Waals surface area (Å²) in [6, 6.07) is 13.2. The molecule has 33 heavy (non-hydrogen) atoms. The van der Waals surface area contributed by atoms with Crippen LogP contribution in [0.1, 0.15) is 17.2 Å². The molecule has 4 rings (SSSR count). The molecule has 3 amide bonds. The summed E-state index contributed by atoms with van der Waals surface area (Å²) in [6.45, 7) is 0. The van der Waals surface area contributed by atoms with Gasteiger partial charge >= 0.3 is 12.3 Å². The Morgan fingerprint density at radius 3 is 2.42 bits per heavy atom. The van der Waals surface area contributed by atoms with Crippen LogP contribution in [0.4, 0.5) is 4.79 Å². The van der Waals surface area contributed by atoms with Crippen LogP contribution >= 0.6 is 0 Å². The third-order valence-corrected chi connectivity index (χ3v) is 5.60. The number of aliphatic imine (C=N–C) groups is 2. The molecule has 2 aromatic rings. The second-order valence-corrected chi connectivity index (χ2v) is 7.71. The van der Waals surface area contributed by atoms with Gasteiger partial charge in [0.1, 0.15) is 30.4 Å². The van der Waals surface area contributed by atoms with Crippen molar-refractivity contribution >= 4 is 29.2 Å². The van der Waals surface area contributed by atoms with Gasteiger partial charge in [0, 0.05) is 7.05 Å². The van der Waals surface area contributed by atoms with Crippen LogP contribution in [0.15, 0.2) is 58.5 Å². The molecule has 10 nitrogen and oxygen atoms in total. The second-order valence-electron chi connectivity index (χ2n) is 7.71. The molecule has 0 aliphatic carbocycles. The number of amides is 3. The predicted octanol–water partition coefficient (Wildman–Crippen LogP) is 1.08. The van der Waals surface area contributed by atoms with Crippen LogP contribution in [0.25, 0.3) is 0 Å². The van der Waals surface area contributed by atoms with Crippen LogP contribution in [-0.2, 0) is 11.2 Å². The zero-order chi connectivity index (χ0) is 23.7. The highest BCUT2D eigenvalue weighted by Crippen LogP contribution is 2.24. The quantitative estimate of drug-likeness (QED) is 0.448. The van der Waals surface area contributed by atoms with Gasteiger partial charge in [-0.05, 0) is 35.4 Å². The lowest BCUT2D eigenvalue weighted by molar-refractivity contribution is -0.529. The molecule has 2 aliphatic rings. The molecular formula is C23H24N5O5+. The maximum atomic E-state index is 12.3. The largest absolute Gasteiger partial charge is 0.508 e. The summed E-state index contributed by atoms with van der Waals surface area (Å²) in [5.74, 6) is 0.160. The van der Waals surface area contributed by atoms with Gasteiger partial charge in [-0.2, -0.15) is 14.6 Å². The van der Waals surface area contributed by atoms with Crippen molar-refractivity contribution in [1.29, 1.82) is 0 Å². The number of likely N-dealkylation sites (N-methyl/N-ethyl adjacent to an activating group) is 1. The van der Waals surface area contributed by atoms with E-state index in [9.17, 15) is 19.8 Å². The lowest BCUT2D eigenvalue weighted by Gasteiger charge is -2.12. The van der Waals surface area contributed by atoms with E-state index in [1.807, 2.05) is 0 Å². The first kappa shape index (κ1) is 22.2. The van der Waals surface area contributed by atoms with Crippen LogP contribution < -0.4 is 10.1 Å². The van der Waals surface area contributed by atoms with Crippen molar-refractivity contribution in [3.05, 3.63) is 59.7 Å². The predicted molar refractivity (Wildman–Crippen MR) is 121 cm³/mol. The van der Waals surface area contributed by atoms with E-state index in [1.54, 1.807) is 67.3 Å². The van der Waals surface area contributed by atoms with Gasteiger partial charge in [-0.15, -0.1) is 0 Å². The van der Waals surface area contributed by atoms with Gasteiger partial charge in [0.25, 0.3) is 5.91 Å². The Kier molecular flexibility index (Phi) is 5.93. The highest BCUT2D eigenvalue weighted by Gasteiger charge is 2.40. The number of imide groups is 1. The summed E-state index contributed by atoms with van der Waals surface area (Å²) in [6.07, 6.45) is -1.48. The molecule has 1 fully saturated rings. The van der Waals surface area contributed by atoms with Crippen molar-refractivity contribution in [1.82, 2.24) is 10.2 Å². The molecule has 0 bridgehead atoms. The van der Waals surface area contributed by atoms with Crippen molar-refractivity contribution in [2.45, 2.75) is 18.8 Å². The van der Waals surface area contributed by atoms with Gasteiger partial charge in [0.2, 0.25) is 11.5 Å². The summed E-state index contributed by atoms with van der Waals surface area (Å²) in [5, 5.41) is 23.2. The number of phenols is 1. The van der Waals surface area contributed by atoms with Gasteiger partial charge in [0.05, 0.1) is 13.5 Å². The summed E-state index contributed by atoms with van der Waals surface area (Å²) >= 11 is 0. The number of urea groups is 1. The van der Waals surface area contributed by atoms with E-state index in [-0.39, 0.29) is 11.6 Å². The Balaban J connectivity index is 1.71. The van der Waals surface area contributed by atoms with E-state index in [4.69, 9.17) is 4.74 Å². The third-order valence-electron chi connectivity index (χ3n) is 5.60. The first-order valence-electron chi connectivity index (χ1n) is 10.2. The molecule has 0 radical (unpaired) electrons. The SMILES string of the molecule is COc1ccc(C(O)C2=NC(N=C3NC(=O)N(C)C3=O)[N+](C)=C2Cc2ccc(O)cc2)cc1. The van der Waals surface area contributed by atoms with Gasteiger partial charge in [-0.1, -0.05) is 24.3 Å². The number of hydrogen-bond acceptors (Lipinski definition) is 7. The van der Waals surface area contributed by atoms with Crippen molar-refractivity contribution in [2.75, 3.05) is 21.2 Å². The number of amidine groups is 1. The lowest BCUT2D eigenvalue weighted by atomic mass is 9.97. The van der Waals surface area contributed by atoms with E-state index in [2.05, 4.69) is 15.3 Å². The zero-order valence-electron chi connectivity index (χ0n) is 18.4. The molecule has 170 valence electrons. The number of aliphatic hydroxyl groups is 1. The summed E-state index contributed by atoms with van der Waals surface area (Å²) in [7, 11) is 4.69. The normalized spacial score (nSPS) is 20.4.